The number of ether oxygens (including phenoxy) is 6. The number of hydrogen-bond acceptors (Lipinski definition) is 9. The molecular weight excluding hydrogens is 587 g/mol. The molecule has 234 valence electrons. The van der Waals surface area contributed by atoms with E-state index in [9.17, 15) is 26.7 Å². The normalized spacial score (nSPS) is 22.7. The Morgan fingerprint density at radius 2 is 1.63 bits per heavy atom. The number of rotatable bonds is 10. The average Bonchev–Trinajstić information content (AvgIpc) is 3.44. The van der Waals surface area contributed by atoms with Gasteiger partial charge in [-0.1, -0.05) is 0 Å². The highest BCUT2D eigenvalue weighted by atomic mass is 19.4. The average molecular weight is 617 g/mol. The van der Waals surface area contributed by atoms with E-state index in [1.807, 2.05) is 6.92 Å². The molecule has 5 unspecified atom stereocenters. The number of amides is 1. The number of nitrogens with zero attached hydrogens (tertiary/aromatic N) is 3. The van der Waals surface area contributed by atoms with Gasteiger partial charge >= 0.3 is 18.4 Å². The zero-order chi connectivity index (χ0) is 31.4. The van der Waals surface area contributed by atoms with Crippen LogP contribution in [-0.4, -0.2) is 84.7 Å². The summed E-state index contributed by atoms with van der Waals surface area (Å²) in [5, 5.41) is 6.90. The Bertz CT molecular complexity index is 1360. The predicted octanol–water partition coefficient (Wildman–Crippen LogP) is 5.20. The number of aromatic nitrogens is 3. The smallest absolute Gasteiger partial charge is 0.426 e. The molecule has 1 N–H and O–H groups in total. The van der Waals surface area contributed by atoms with E-state index in [1.54, 1.807) is 31.2 Å². The van der Waals surface area contributed by atoms with Gasteiger partial charge in [-0.2, -0.15) is 22.0 Å². The third kappa shape index (κ3) is 7.38. The fraction of sp³-hybridized carbons (Fsp3) is 0.444. The summed E-state index contributed by atoms with van der Waals surface area (Å²) in [6.45, 7) is 4.00. The molecule has 2 heterocycles. The van der Waals surface area contributed by atoms with E-state index in [1.165, 1.54) is 37.4 Å². The molecule has 4 rings (SSSR count). The molecule has 1 aromatic heterocycles. The molecule has 43 heavy (non-hydrogen) atoms. The Hall–Kier alpha value is -3.86. The van der Waals surface area contributed by atoms with Crippen LogP contribution in [0.5, 0.6) is 5.75 Å². The number of methoxy groups -OCH3 is 2. The monoisotopic (exact) mass is 616 g/mol. The minimum Gasteiger partial charge on any atom is -0.426 e. The summed E-state index contributed by atoms with van der Waals surface area (Å²) < 4.78 is 96.5. The second-order valence-electron chi connectivity index (χ2n) is 9.26. The van der Waals surface area contributed by atoms with Crippen molar-refractivity contribution in [3.8, 4) is 22.8 Å². The van der Waals surface area contributed by atoms with Crippen molar-refractivity contribution in [2.75, 3.05) is 26.1 Å². The Labute approximate surface area is 242 Å². The molecule has 16 heteroatoms. The third-order valence-electron chi connectivity index (χ3n) is 6.41. The molecule has 1 saturated heterocycles. The molecule has 2 aromatic carbocycles. The van der Waals surface area contributed by atoms with Gasteiger partial charge in [0, 0.05) is 32.1 Å². The van der Waals surface area contributed by atoms with Crippen molar-refractivity contribution in [3.05, 3.63) is 54.9 Å². The maximum absolute atomic E-state index is 13.1. The van der Waals surface area contributed by atoms with Crippen molar-refractivity contribution in [2.45, 2.75) is 56.8 Å². The summed E-state index contributed by atoms with van der Waals surface area (Å²) in [5.74, 6) is -0.399. The number of carbonyl (C=O) groups excluding carboxylic acids is 1. The lowest BCUT2D eigenvalue weighted by Crippen LogP contribution is -2.60. The number of nitrogens with one attached hydrogen (secondary N) is 1. The van der Waals surface area contributed by atoms with E-state index in [0.29, 0.717) is 23.5 Å². The molecule has 1 fully saturated rings. The van der Waals surface area contributed by atoms with E-state index in [2.05, 4.69) is 20.1 Å². The van der Waals surface area contributed by atoms with Gasteiger partial charge in [0.05, 0.1) is 11.8 Å². The van der Waals surface area contributed by atoms with Crippen LogP contribution in [0.25, 0.3) is 17.1 Å². The quantitative estimate of drug-likeness (QED) is 0.307. The Morgan fingerprint density at radius 3 is 2.21 bits per heavy atom. The number of benzene rings is 2. The van der Waals surface area contributed by atoms with Crippen LogP contribution in [-0.2, 0) is 23.7 Å². The van der Waals surface area contributed by atoms with Gasteiger partial charge in [0.25, 0.3) is 0 Å². The first kappa shape index (κ1) is 32.1. The molecule has 1 aliphatic rings. The van der Waals surface area contributed by atoms with Gasteiger partial charge < -0.3 is 28.4 Å². The fourth-order valence-electron chi connectivity index (χ4n) is 4.37. The second-order valence-corrected chi connectivity index (χ2v) is 9.26. The molecule has 11 nitrogen and oxygen atoms in total. The number of alkyl halides is 5. The van der Waals surface area contributed by atoms with Crippen molar-refractivity contribution in [2.24, 2.45) is 0 Å². The lowest BCUT2D eigenvalue weighted by Gasteiger charge is -2.43. The maximum Gasteiger partial charge on any atom is 0.499 e. The van der Waals surface area contributed by atoms with Gasteiger partial charge in [0.1, 0.15) is 30.4 Å². The molecule has 5 atom stereocenters. The molecule has 1 amide bonds. The first-order valence-electron chi connectivity index (χ1n) is 12.9. The molecule has 1 aliphatic heterocycles. The van der Waals surface area contributed by atoms with Crippen LogP contribution in [0.15, 0.2) is 54.9 Å². The van der Waals surface area contributed by atoms with Crippen molar-refractivity contribution in [1.29, 1.82) is 0 Å². The van der Waals surface area contributed by atoms with E-state index in [0.717, 1.165) is 12.1 Å². The summed E-state index contributed by atoms with van der Waals surface area (Å²) in [5.41, 5.74) is 1.30. The van der Waals surface area contributed by atoms with Gasteiger partial charge in [-0.15, -0.1) is 5.10 Å². The highest BCUT2D eigenvalue weighted by Crippen LogP contribution is 2.37. The topological polar surface area (TPSA) is 115 Å². The molecule has 3 aromatic rings. The zero-order valence-corrected chi connectivity index (χ0v) is 23.4. The minimum absolute atomic E-state index is 0.278. The molecule has 0 spiro atoms. The largest absolute Gasteiger partial charge is 0.499 e. The standard InChI is InChI=1S/C27H29F5N4O7/c1-5-40-21-20(38-3)15(2)41-24(22(21)39-4)42-25(37)34-17-8-6-16(7-9-17)23-33-14-36(35-23)18-10-12-19(13-11-18)43-27(31,32)26(28,29)30/h6-15,20-22,24H,5H2,1-4H3,(H,34,37). The molecule has 0 bridgehead atoms. The van der Waals surface area contributed by atoms with Crippen LogP contribution in [0.1, 0.15) is 13.8 Å². The Kier molecular flexibility index (Phi) is 9.84. The van der Waals surface area contributed by atoms with Crippen LogP contribution >= 0.6 is 0 Å². The molecule has 0 saturated carbocycles. The van der Waals surface area contributed by atoms with Crippen LogP contribution in [0.4, 0.5) is 32.4 Å². The van der Waals surface area contributed by atoms with E-state index in [4.69, 9.17) is 23.7 Å². The second kappa shape index (κ2) is 13.2. The fourth-order valence-corrected chi connectivity index (χ4v) is 4.37. The number of halogens is 5. The first-order valence-corrected chi connectivity index (χ1v) is 12.9. The van der Waals surface area contributed by atoms with Crippen molar-refractivity contribution in [3.63, 3.8) is 0 Å². The van der Waals surface area contributed by atoms with Crippen molar-refractivity contribution >= 4 is 11.8 Å². The SMILES string of the molecule is CCOC1C(OC)C(C)OC(OC(=O)Nc2ccc(-c3ncn(-c4ccc(OC(F)(F)C(F)(F)F)cc4)n3)cc2)C1OC. The Morgan fingerprint density at radius 1 is 0.977 bits per heavy atom. The molecule has 0 aliphatic carbocycles. The van der Waals surface area contributed by atoms with E-state index < -0.39 is 54.8 Å². The molecule has 0 radical (unpaired) electrons. The lowest BCUT2D eigenvalue weighted by molar-refractivity contribution is -0.360. The minimum atomic E-state index is -5.85. The van der Waals surface area contributed by atoms with Crippen molar-refractivity contribution in [1.82, 2.24) is 14.8 Å². The highest BCUT2D eigenvalue weighted by molar-refractivity contribution is 5.85. The maximum atomic E-state index is 13.1. The summed E-state index contributed by atoms with van der Waals surface area (Å²) in [6.07, 6.45) is -13.8. The van der Waals surface area contributed by atoms with Crippen LogP contribution < -0.4 is 10.1 Å². The summed E-state index contributed by atoms with van der Waals surface area (Å²) in [6, 6.07) is 10.9. The first-order chi connectivity index (χ1) is 20.4. The van der Waals surface area contributed by atoms with Gasteiger partial charge in [0.2, 0.25) is 6.29 Å². The van der Waals surface area contributed by atoms with Gasteiger partial charge in [0.15, 0.2) is 5.82 Å². The third-order valence-corrected chi connectivity index (χ3v) is 6.41. The Balaban J connectivity index is 1.37. The van der Waals surface area contributed by atoms with Crippen LogP contribution in [0, 0.1) is 0 Å². The van der Waals surface area contributed by atoms with Crippen molar-refractivity contribution < 1.29 is 55.2 Å². The number of hydrogen-bond donors (Lipinski definition) is 1. The van der Waals surface area contributed by atoms with Gasteiger partial charge in [-0.05, 0) is 62.4 Å². The summed E-state index contributed by atoms with van der Waals surface area (Å²) in [7, 11) is 2.99. The van der Waals surface area contributed by atoms with Crippen LogP contribution in [0.3, 0.4) is 0 Å². The molecular formula is C27H29F5N4O7. The van der Waals surface area contributed by atoms with E-state index >= 15 is 0 Å². The predicted molar refractivity (Wildman–Crippen MR) is 140 cm³/mol. The van der Waals surface area contributed by atoms with Gasteiger partial charge in [-0.3, -0.25) is 5.32 Å². The lowest BCUT2D eigenvalue weighted by atomic mass is 9.99. The highest BCUT2D eigenvalue weighted by Gasteiger charge is 2.61. The number of anilines is 1. The zero-order valence-electron chi connectivity index (χ0n) is 23.4. The van der Waals surface area contributed by atoms with Crippen LogP contribution in [0.2, 0.25) is 0 Å². The summed E-state index contributed by atoms with van der Waals surface area (Å²) in [4.78, 5) is 16.8. The van der Waals surface area contributed by atoms with Gasteiger partial charge in [-0.25, -0.2) is 14.5 Å². The number of carbonyl (C=O) groups is 1. The summed E-state index contributed by atoms with van der Waals surface area (Å²) >= 11 is 0. The van der Waals surface area contributed by atoms with E-state index in [-0.39, 0.29) is 5.82 Å².